The molecule has 46 heavy (non-hydrogen) atoms. The Hall–Kier alpha value is -4.69. The Morgan fingerprint density at radius 1 is 0.804 bits per heavy atom. The number of amides is 2. The van der Waals surface area contributed by atoms with Gasteiger partial charge < -0.3 is 25.2 Å². The van der Waals surface area contributed by atoms with E-state index in [0.717, 1.165) is 22.4 Å². The van der Waals surface area contributed by atoms with Gasteiger partial charge in [0.05, 0.1) is 31.0 Å². The first-order valence-corrected chi connectivity index (χ1v) is 15.7. The quantitative estimate of drug-likeness (QED) is 0.115. The zero-order chi connectivity index (χ0) is 33.1. The van der Waals surface area contributed by atoms with Crippen LogP contribution in [0.3, 0.4) is 0 Å². The van der Waals surface area contributed by atoms with Crippen molar-refractivity contribution in [2.45, 2.75) is 57.8 Å². The molecule has 2 amide bonds. The predicted molar refractivity (Wildman–Crippen MR) is 180 cm³/mol. The van der Waals surface area contributed by atoms with E-state index in [1.165, 1.54) is 0 Å². The molecule has 4 atom stereocenters. The summed E-state index contributed by atoms with van der Waals surface area (Å²) in [6.07, 6.45) is 4.37. The van der Waals surface area contributed by atoms with Gasteiger partial charge in [-0.2, -0.15) is 0 Å². The highest BCUT2D eigenvalue weighted by atomic mass is 16.5. The number of rotatable bonds is 20. The first-order chi connectivity index (χ1) is 22.3. The molecule has 244 valence electrons. The summed E-state index contributed by atoms with van der Waals surface area (Å²) in [6, 6.07) is 26.6. The van der Waals surface area contributed by atoms with Crippen LogP contribution >= 0.6 is 0 Å². The van der Waals surface area contributed by atoms with Gasteiger partial charge in [0.2, 0.25) is 11.8 Å². The molecule has 3 aromatic carbocycles. The van der Waals surface area contributed by atoms with Gasteiger partial charge in [0, 0.05) is 6.42 Å². The second kappa shape index (κ2) is 19.6. The van der Waals surface area contributed by atoms with Gasteiger partial charge in [0.1, 0.15) is 18.5 Å². The molecule has 3 N–H and O–H groups in total. The minimum Gasteiger partial charge on any atom is -0.489 e. The van der Waals surface area contributed by atoms with Crippen LogP contribution in [0, 0.1) is 11.8 Å². The minimum atomic E-state index is -0.660. The molecule has 0 aliphatic rings. The van der Waals surface area contributed by atoms with Crippen LogP contribution in [0.2, 0.25) is 0 Å². The molecule has 0 aliphatic carbocycles. The molecule has 0 fully saturated rings. The smallest absolute Gasteiger partial charge is 0.309 e. The molecule has 0 radical (unpaired) electrons. The largest absolute Gasteiger partial charge is 0.489 e. The first kappa shape index (κ1) is 35.8. The lowest BCUT2D eigenvalue weighted by atomic mass is 9.96. The van der Waals surface area contributed by atoms with Gasteiger partial charge in [0.25, 0.3) is 0 Å². The topological polar surface area (TPSA) is 114 Å². The molecule has 8 nitrogen and oxygen atoms in total. The Bertz CT molecular complexity index is 1380. The lowest BCUT2D eigenvalue weighted by molar-refractivity contribution is -0.153. The van der Waals surface area contributed by atoms with E-state index < -0.39 is 18.1 Å². The van der Waals surface area contributed by atoms with Gasteiger partial charge in [-0.3, -0.25) is 14.4 Å². The van der Waals surface area contributed by atoms with Gasteiger partial charge in [0.15, 0.2) is 0 Å². The summed E-state index contributed by atoms with van der Waals surface area (Å²) < 4.78 is 11.5. The summed E-state index contributed by atoms with van der Waals surface area (Å²) in [4.78, 5) is 38.8. The SMILES string of the molecule is C=CC[C@H](CC(=O)N[C@H](CO)Cc1ccc(OCc2ccccc2)cc1)C(=O)NC[C@H](C)OC(=O)[C@H](CC=C)Cc1ccccc1. The van der Waals surface area contributed by atoms with Gasteiger partial charge in [-0.15, -0.1) is 13.2 Å². The van der Waals surface area contributed by atoms with Crippen molar-refractivity contribution in [1.82, 2.24) is 10.6 Å². The van der Waals surface area contributed by atoms with Crippen molar-refractivity contribution in [3.05, 3.63) is 127 Å². The van der Waals surface area contributed by atoms with E-state index in [1.54, 1.807) is 19.1 Å². The minimum absolute atomic E-state index is 0.0761. The number of ether oxygens (including phenoxy) is 2. The van der Waals surface area contributed by atoms with Crippen molar-refractivity contribution in [2.75, 3.05) is 13.2 Å². The number of esters is 1. The molecule has 0 unspecified atom stereocenters. The number of hydrogen-bond donors (Lipinski definition) is 3. The fraction of sp³-hybridized carbons (Fsp3) is 0.342. The Morgan fingerprint density at radius 2 is 1.39 bits per heavy atom. The number of carbonyl (C=O) groups excluding carboxylic acids is 3. The van der Waals surface area contributed by atoms with Crippen LogP contribution in [-0.2, 0) is 38.6 Å². The summed E-state index contributed by atoms with van der Waals surface area (Å²) in [6.45, 7) is 9.52. The summed E-state index contributed by atoms with van der Waals surface area (Å²) in [7, 11) is 0. The lowest BCUT2D eigenvalue weighted by Gasteiger charge is -2.21. The van der Waals surface area contributed by atoms with Crippen molar-refractivity contribution in [3.63, 3.8) is 0 Å². The summed E-state index contributed by atoms with van der Waals surface area (Å²) >= 11 is 0. The van der Waals surface area contributed by atoms with Gasteiger partial charge in [-0.25, -0.2) is 0 Å². The predicted octanol–water partition coefficient (Wildman–Crippen LogP) is 5.35. The molecular formula is C38H46N2O6. The van der Waals surface area contributed by atoms with Crippen LogP contribution < -0.4 is 15.4 Å². The van der Waals surface area contributed by atoms with Crippen LogP contribution in [0.4, 0.5) is 0 Å². The zero-order valence-electron chi connectivity index (χ0n) is 26.6. The summed E-state index contributed by atoms with van der Waals surface area (Å²) in [5.41, 5.74) is 3.03. The van der Waals surface area contributed by atoms with Crippen LogP contribution in [0.1, 0.15) is 42.9 Å². The molecule has 0 aliphatic heterocycles. The first-order valence-electron chi connectivity index (χ1n) is 15.7. The molecule has 8 heteroatoms. The fourth-order valence-corrected chi connectivity index (χ4v) is 4.99. The van der Waals surface area contributed by atoms with Crippen LogP contribution in [-0.4, -0.2) is 48.2 Å². The highest BCUT2D eigenvalue weighted by Gasteiger charge is 2.25. The third kappa shape index (κ3) is 12.7. The maximum Gasteiger partial charge on any atom is 0.309 e. The van der Waals surface area contributed by atoms with Crippen molar-refractivity contribution in [1.29, 1.82) is 0 Å². The van der Waals surface area contributed by atoms with Gasteiger partial charge in [-0.1, -0.05) is 84.9 Å². The molecule has 3 rings (SSSR count). The van der Waals surface area contributed by atoms with Crippen molar-refractivity contribution < 1.29 is 29.0 Å². The lowest BCUT2D eigenvalue weighted by Crippen LogP contribution is -2.42. The molecule has 0 aromatic heterocycles. The Labute approximate surface area is 272 Å². The second-order valence-corrected chi connectivity index (χ2v) is 11.4. The highest BCUT2D eigenvalue weighted by molar-refractivity contribution is 5.86. The van der Waals surface area contributed by atoms with Crippen LogP contribution in [0.5, 0.6) is 5.75 Å². The van der Waals surface area contributed by atoms with E-state index in [2.05, 4.69) is 23.8 Å². The number of carbonyl (C=O) groups is 3. The number of hydrogen-bond acceptors (Lipinski definition) is 6. The molecule has 0 saturated heterocycles. The summed E-state index contributed by atoms with van der Waals surface area (Å²) in [5.74, 6) is -1.35. The molecule has 0 saturated carbocycles. The summed E-state index contributed by atoms with van der Waals surface area (Å²) in [5, 5.41) is 15.6. The van der Waals surface area contributed by atoms with E-state index in [9.17, 15) is 19.5 Å². The van der Waals surface area contributed by atoms with E-state index in [0.29, 0.717) is 32.3 Å². The zero-order valence-corrected chi connectivity index (χ0v) is 26.6. The average Bonchev–Trinajstić information content (AvgIpc) is 3.07. The second-order valence-electron chi connectivity index (χ2n) is 11.4. The normalized spacial score (nSPS) is 13.3. The van der Waals surface area contributed by atoms with E-state index in [4.69, 9.17) is 9.47 Å². The van der Waals surface area contributed by atoms with Gasteiger partial charge >= 0.3 is 5.97 Å². The van der Waals surface area contributed by atoms with E-state index in [-0.39, 0.29) is 43.3 Å². The fourth-order valence-electron chi connectivity index (χ4n) is 4.99. The van der Waals surface area contributed by atoms with E-state index >= 15 is 0 Å². The van der Waals surface area contributed by atoms with Crippen LogP contribution in [0.15, 0.2) is 110 Å². The van der Waals surface area contributed by atoms with Crippen LogP contribution in [0.25, 0.3) is 0 Å². The van der Waals surface area contributed by atoms with Crippen molar-refractivity contribution >= 4 is 17.8 Å². The average molecular weight is 627 g/mol. The molecule has 3 aromatic rings. The molecule has 0 spiro atoms. The third-order valence-electron chi connectivity index (χ3n) is 7.48. The Morgan fingerprint density at radius 3 is 2.00 bits per heavy atom. The maximum absolute atomic E-state index is 13.0. The number of allylic oxidation sites excluding steroid dienone is 2. The van der Waals surface area contributed by atoms with Crippen molar-refractivity contribution in [2.24, 2.45) is 11.8 Å². The number of aliphatic hydroxyl groups excluding tert-OH is 1. The third-order valence-corrected chi connectivity index (χ3v) is 7.48. The standard InChI is InChI=1S/C38H46N2O6/c1-4-12-32(37(43)39-25-28(3)46-38(44)33(13-5-2)22-29-14-8-6-9-15-29)24-36(42)40-34(26-41)23-30-18-20-35(21-19-30)45-27-31-16-10-7-11-17-31/h4-11,14-21,28,32-34,41H,1-2,12-13,22-27H2,3H3,(H,39,43)(H,40,42)/t28-,32+,33+,34-/m0/s1. The molecule has 0 bridgehead atoms. The number of benzene rings is 3. The van der Waals surface area contributed by atoms with Gasteiger partial charge in [-0.05, 0) is 61.4 Å². The van der Waals surface area contributed by atoms with Crippen molar-refractivity contribution in [3.8, 4) is 5.75 Å². The van der Waals surface area contributed by atoms with E-state index in [1.807, 2.05) is 84.9 Å². The number of aliphatic hydroxyl groups is 1. The number of nitrogens with one attached hydrogen (secondary N) is 2. The monoisotopic (exact) mass is 626 g/mol. The Balaban J connectivity index is 1.45. The molecule has 0 heterocycles. The Kier molecular flexibility index (Phi) is 15.3. The molecular weight excluding hydrogens is 580 g/mol. The maximum atomic E-state index is 13.0. The highest BCUT2D eigenvalue weighted by Crippen LogP contribution is 2.18.